The van der Waals surface area contributed by atoms with E-state index in [9.17, 15) is 22.0 Å². The fraction of sp³-hybridized carbons (Fsp3) is 0.333. The van der Waals surface area contributed by atoms with Crippen molar-refractivity contribution in [3.63, 3.8) is 0 Å². The molecule has 1 aromatic heterocycles. The molecular weight excluding hydrogens is 311 g/mol. The van der Waals surface area contributed by atoms with E-state index >= 15 is 0 Å². The SMILES string of the molecule is N#Cc1c(C(F)F)ncc(CBr)c1C(F)(F)F. The first kappa shape index (κ1) is 13.8. The Hall–Kier alpha value is -1.23. The molecule has 0 radical (unpaired) electrons. The van der Waals surface area contributed by atoms with Crippen LogP contribution in [0.5, 0.6) is 0 Å². The molecule has 17 heavy (non-hydrogen) atoms. The molecule has 8 heteroatoms. The molecule has 0 saturated heterocycles. The highest BCUT2D eigenvalue weighted by Crippen LogP contribution is 2.37. The van der Waals surface area contributed by atoms with E-state index in [1.54, 1.807) is 0 Å². The van der Waals surface area contributed by atoms with E-state index in [4.69, 9.17) is 5.26 Å². The highest BCUT2D eigenvalue weighted by Gasteiger charge is 2.38. The molecule has 92 valence electrons. The minimum atomic E-state index is -4.87. The van der Waals surface area contributed by atoms with Gasteiger partial charge in [0.05, 0.1) is 11.1 Å². The summed E-state index contributed by atoms with van der Waals surface area (Å²) >= 11 is 2.79. The summed E-state index contributed by atoms with van der Waals surface area (Å²) < 4.78 is 62.9. The van der Waals surface area contributed by atoms with E-state index in [1.807, 2.05) is 0 Å². The molecule has 1 aromatic rings. The molecule has 0 unspecified atom stereocenters. The van der Waals surface area contributed by atoms with Gasteiger partial charge in [-0.15, -0.1) is 0 Å². The average Bonchev–Trinajstić information content (AvgIpc) is 2.25. The second-order valence-corrected chi connectivity index (χ2v) is 3.52. The molecule has 1 heterocycles. The third-order valence-corrected chi connectivity index (χ3v) is 2.54. The van der Waals surface area contributed by atoms with Gasteiger partial charge < -0.3 is 0 Å². The molecule has 0 atom stereocenters. The van der Waals surface area contributed by atoms with Crippen molar-refractivity contribution in [2.45, 2.75) is 17.9 Å². The fourth-order valence-electron chi connectivity index (χ4n) is 1.27. The molecule has 0 aliphatic carbocycles. The Morgan fingerprint density at radius 1 is 1.41 bits per heavy atom. The molecule has 0 amide bonds. The second kappa shape index (κ2) is 4.96. The van der Waals surface area contributed by atoms with Gasteiger partial charge in [0, 0.05) is 11.5 Å². The van der Waals surface area contributed by atoms with Gasteiger partial charge in [0.25, 0.3) is 6.43 Å². The van der Waals surface area contributed by atoms with Crippen LogP contribution in [0.3, 0.4) is 0 Å². The van der Waals surface area contributed by atoms with Gasteiger partial charge in [-0.05, 0) is 5.56 Å². The van der Waals surface area contributed by atoms with Crippen molar-refractivity contribution in [2.24, 2.45) is 0 Å². The smallest absolute Gasteiger partial charge is 0.254 e. The van der Waals surface area contributed by atoms with E-state index < -0.39 is 29.4 Å². The van der Waals surface area contributed by atoms with Gasteiger partial charge in [0.15, 0.2) is 0 Å². The fourth-order valence-corrected chi connectivity index (χ4v) is 1.69. The maximum Gasteiger partial charge on any atom is 0.418 e. The Morgan fingerprint density at radius 2 is 2.00 bits per heavy atom. The maximum atomic E-state index is 12.7. The zero-order valence-electron chi connectivity index (χ0n) is 8.02. The summed E-state index contributed by atoms with van der Waals surface area (Å²) in [7, 11) is 0. The van der Waals surface area contributed by atoms with E-state index in [0.29, 0.717) is 6.20 Å². The molecule has 0 bridgehead atoms. The Balaban J connectivity index is 3.63. The number of nitrogens with zero attached hydrogens (tertiary/aromatic N) is 2. The number of halogens is 6. The number of hydrogen-bond acceptors (Lipinski definition) is 2. The number of nitriles is 1. The number of alkyl halides is 6. The van der Waals surface area contributed by atoms with Crippen molar-refractivity contribution >= 4 is 15.9 Å². The predicted octanol–water partition coefficient (Wildman–Crippen LogP) is 3.80. The number of aromatic nitrogens is 1. The Bertz CT molecular complexity index is 464. The molecule has 0 aliphatic heterocycles. The van der Waals surface area contributed by atoms with Crippen LogP contribution < -0.4 is 0 Å². The lowest BCUT2D eigenvalue weighted by molar-refractivity contribution is -0.138. The lowest BCUT2D eigenvalue weighted by atomic mass is 10.0. The zero-order chi connectivity index (χ0) is 13.2. The van der Waals surface area contributed by atoms with Crippen molar-refractivity contribution in [3.05, 3.63) is 28.6 Å². The van der Waals surface area contributed by atoms with Crippen LogP contribution in [0.2, 0.25) is 0 Å². The van der Waals surface area contributed by atoms with E-state index in [2.05, 4.69) is 20.9 Å². The van der Waals surface area contributed by atoms with E-state index in [1.165, 1.54) is 0 Å². The van der Waals surface area contributed by atoms with Crippen molar-refractivity contribution in [1.82, 2.24) is 4.98 Å². The van der Waals surface area contributed by atoms with Gasteiger partial charge in [-0.3, -0.25) is 4.98 Å². The number of pyridine rings is 1. The lowest BCUT2D eigenvalue weighted by Crippen LogP contribution is -2.14. The zero-order valence-corrected chi connectivity index (χ0v) is 9.61. The molecule has 0 aromatic carbocycles. The summed E-state index contributed by atoms with van der Waals surface area (Å²) in [4.78, 5) is 3.19. The average molecular weight is 315 g/mol. The molecule has 0 fully saturated rings. The Kier molecular flexibility index (Phi) is 4.03. The van der Waals surface area contributed by atoms with Gasteiger partial charge in [0.2, 0.25) is 0 Å². The van der Waals surface area contributed by atoms with Crippen LogP contribution in [0.4, 0.5) is 22.0 Å². The third-order valence-electron chi connectivity index (χ3n) is 1.93. The number of rotatable bonds is 2. The molecule has 2 nitrogen and oxygen atoms in total. The van der Waals surface area contributed by atoms with Crippen LogP contribution in [0.1, 0.15) is 28.8 Å². The minimum absolute atomic E-state index is 0.229. The van der Waals surface area contributed by atoms with E-state index in [0.717, 1.165) is 6.07 Å². The van der Waals surface area contributed by atoms with Gasteiger partial charge in [-0.2, -0.15) is 18.4 Å². The van der Waals surface area contributed by atoms with Gasteiger partial charge in [-0.1, -0.05) is 15.9 Å². The van der Waals surface area contributed by atoms with Crippen molar-refractivity contribution in [1.29, 1.82) is 5.26 Å². The standard InChI is InChI=1S/C9H4BrF5N2/c10-1-4-3-17-7(8(11)12)5(2-16)6(4)9(13,14)15/h3,8H,1H2. The van der Waals surface area contributed by atoms with Gasteiger partial charge in [-0.25, -0.2) is 8.78 Å². The van der Waals surface area contributed by atoms with Crippen LogP contribution in [0, 0.1) is 11.3 Å². The normalized spacial score (nSPS) is 11.6. The molecular formula is C9H4BrF5N2. The first-order valence-electron chi connectivity index (χ1n) is 4.16. The largest absolute Gasteiger partial charge is 0.418 e. The summed E-state index contributed by atoms with van der Waals surface area (Å²) in [6.45, 7) is 0. The molecule has 0 spiro atoms. The molecule has 0 N–H and O–H groups in total. The third kappa shape index (κ3) is 2.72. The summed E-state index contributed by atoms with van der Waals surface area (Å²) in [5.41, 5.74) is -3.98. The first-order chi connectivity index (χ1) is 7.82. The summed E-state index contributed by atoms with van der Waals surface area (Å²) in [5.74, 6) is 0. The molecule has 0 saturated carbocycles. The topological polar surface area (TPSA) is 36.7 Å². The first-order valence-corrected chi connectivity index (χ1v) is 5.28. The molecule has 1 rings (SSSR count). The minimum Gasteiger partial charge on any atom is -0.254 e. The van der Waals surface area contributed by atoms with Crippen LogP contribution in [-0.4, -0.2) is 4.98 Å². The molecule has 0 aliphatic rings. The Morgan fingerprint density at radius 3 is 2.35 bits per heavy atom. The van der Waals surface area contributed by atoms with Crippen LogP contribution in [0.25, 0.3) is 0 Å². The van der Waals surface area contributed by atoms with Crippen LogP contribution in [-0.2, 0) is 11.5 Å². The monoisotopic (exact) mass is 314 g/mol. The maximum absolute atomic E-state index is 12.7. The van der Waals surface area contributed by atoms with Crippen molar-refractivity contribution < 1.29 is 22.0 Å². The second-order valence-electron chi connectivity index (χ2n) is 2.96. The van der Waals surface area contributed by atoms with Crippen molar-refractivity contribution in [3.8, 4) is 6.07 Å². The highest BCUT2D eigenvalue weighted by atomic mass is 79.9. The lowest BCUT2D eigenvalue weighted by Gasteiger charge is -2.14. The summed E-state index contributed by atoms with van der Waals surface area (Å²) in [6.07, 6.45) is -7.41. The van der Waals surface area contributed by atoms with E-state index in [-0.39, 0.29) is 10.9 Å². The highest BCUT2D eigenvalue weighted by molar-refractivity contribution is 9.08. The van der Waals surface area contributed by atoms with Gasteiger partial charge in [0.1, 0.15) is 11.8 Å². The Labute approximate surface area is 101 Å². The van der Waals surface area contributed by atoms with Crippen LogP contribution >= 0.6 is 15.9 Å². The number of hydrogen-bond donors (Lipinski definition) is 0. The van der Waals surface area contributed by atoms with Crippen LogP contribution in [0.15, 0.2) is 6.20 Å². The quantitative estimate of drug-likeness (QED) is 0.615. The van der Waals surface area contributed by atoms with Crippen molar-refractivity contribution in [2.75, 3.05) is 0 Å². The summed E-state index contributed by atoms with van der Waals surface area (Å²) in [6, 6.07) is 1.14. The van der Waals surface area contributed by atoms with Gasteiger partial charge >= 0.3 is 6.18 Å². The predicted molar refractivity (Wildman–Crippen MR) is 51.5 cm³/mol. The summed E-state index contributed by atoms with van der Waals surface area (Å²) in [5, 5.41) is 8.36.